The largest absolute Gasteiger partial charge is 0.357 e. The van der Waals surface area contributed by atoms with E-state index in [-0.39, 0.29) is 0 Å². The number of anilines is 1. The smallest absolute Gasteiger partial charge is 0.206 e. The molecule has 1 aromatic heterocycles. The fourth-order valence-corrected chi connectivity index (χ4v) is 3.26. The Kier molecular flexibility index (Phi) is 4.15. The van der Waals surface area contributed by atoms with Crippen LogP contribution in [0.4, 0.5) is 5.13 Å². The fourth-order valence-electron chi connectivity index (χ4n) is 1.60. The van der Waals surface area contributed by atoms with Crippen molar-refractivity contribution in [3.63, 3.8) is 0 Å². The van der Waals surface area contributed by atoms with Crippen molar-refractivity contribution in [3.05, 3.63) is 42.0 Å². The van der Waals surface area contributed by atoms with Crippen molar-refractivity contribution in [2.75, 3.05) is 11.1 Å². The van der Waals surface area contributed by atoms with Crippen LogP contribution in [0.15, 0.2) is 40.7 Å². The molecule has 1 heterocycles. The number of hydrogen-bond donors (Lipinski definition) is 1. The van der Waals surface area contributed by atoms with Crippen molar-refractivity contribution in [2.24, 2.45) is 0 Å². The summed E-state index contributed by atoms with van der Waals surface area (Å²) in [6.07, 6.45) is 6.83. The van der Waals surface area contributed by atoms with Crippen LogP contribution in [0.5, 0.6) is 0 Å². The lowest BCUT2D eigenvalue weighted by Gasteiger charge is -1.94. The van der Waals surface area contributed by atoms with Crippen LogP contribution in [0.1, 0.15) is 18.4 Å². The molecule has 1 fully saturated rings. The first kappa shape index (κ1) is 12.7. The van der Waals surface area contributed by atoms with Gasteiger partial charge >= 0.3 is 0 Å². The molecule has 1 aromatic carbocycles. The van der Waals surface area contributed by atoms with Crippen molar-refractivity contribution in [1.29, 1.82) is 0 Å². The first-order chi connectivity index (χ1) is 9.40. The molecule has 0 radical (unpaired) electrons. The van der Waals surface area contributed by atoms with E-state index in [9.17, 15) is 0 Å². The first-order valence-corrected chi connectivity index (χ1v) is 8.15. The molecule has 1 saturated carbocycles. The Morgan fingerprint density at radius 3 is 2.89 bits per heavy atom. The molecule has 0 aliphatic heterocycles. The lowest BCUT2D eigenvalue weighted by Crippen LogP contribution is -1.99. The zero-order valence-corrected chi connectivity index (χ0v) is 12.1. The van der Waals surface area contributed by atoms with Crippen LogP contribution in [-0.4, -0.2) is 22.0 Å². The maximum atomic E-state index is 4.18. The first-order valence-electron chi connectivity index (χ1n) is 6.34. The maximum Gasteiger partial charge on any atom is 0.206 e. The molecule has 0 spiro atoms. The quantitative estimate of drug-likeness (QED) is 0.818. The lowest BCUT2D eigenvalue weighted by atomic mass is 10.2. The molecule has 0 unspecified atom stereocenters. The minimum absolute atomic E-state index is 0.642. The van der Waals surface area contributed by atoms with Crippen LogP contribution in [0.25, 0.3) is 6.08 Å². The number of aromatic nitrogens is 2. The van der Waals surface area contributed by atoms with Gasteiger partial charge in [0.15, 0.2) is 4.34 Å². The van der Waals surface area contributed by atoms with E-state index >= 15 is 0 Å². The number of rotatable bonds is 6. The van der Waals surface area contributed by atoms with Crippen LogP contribution in [0, 0.1) is 0 Å². The van der Waals surface area contributed by atoms with Gasteiger partial charge in [-0.05, 0) is 18.4 Å². The highest BCUT2D eigenvalue weighted by Gasteiger charge is 2.22. The van der Waals surface area contributed by atoms with E-state index in [2.05, 4.69) is 39.8 Å². The summed E-state index contributed by atoms with van der Waals surface area (Å²) in [4.78, 5) is 0. The molecule has 0 atom stereocenters. The van der Waals surface area contributed by atoms with Crippen LogP contribution >= 0.6 is 23.1 Å². The number of nitrogens with one attached hydrogen (secondary N) is 1. The normalized spacial score (nSPS) is 14.9. The van der Waals surface area contributed by atoms with Crippen LogP contribution in [0.2, 0.25) is 0 Å². The predicted molar refractivity (Wildman–Crippen MR) is 82.8 cm³/mol. The highest BCUT2D eigenvalue weighted by atomic mass is 32.2. The van der Waals surface area contributed by atoms with E-state index in [4.69, 9.17) is 0 Å². The Balaban J connectivity index is 1.46. The Morgan fingerprint density at radius 2 is 2.11 bits per heavy atom. The van der Waals surface area contributed by atoms with Gasteiger partial charge in [-0.3, -0.25) is 0 Å². The van der Waals surface area contributed by atoms with Crippen molar-refractivity contribution in [3.8, 4) is 0 Å². The van der Waals surface area contributed by atoms with Gasteiger partial charge in [0, 0.05) is 11.8 Å². The highest BCUT2D eigenvalue weighted by molar-refractivity contribution is 8.01. The van der Waals surface area contributed by atoms with E-state index in [0.717, 1.165) is 15.2 Å². The average molecular weight is 289 g/mol. The maximum absolute atomic E-state index is 4.18. The van der Waals surface area contributed by atoms with E-state index in [0.29, 0.717) is 6.04 Å². The second-order valence-corrected chi connectivity index (χ2v) is 6.66. The SMILES string of the molecule is C(=Cc1ccccc1)CSc1nnc(NC2CC2)s1. The molecule has 2 aromatic rings. The summed E-state index contributed by atoms with van der Waals surface area (Å²) in [5.41, 5.74) is 1.23. The summed E-state index contributed by atoms with van der Waals surface area (Å²) in [6, 6.07) is 11.0. The van der Waals surface area contributed by atoms with Gasteiger partial charge in [-0.25, -0.2) is 0 Å². The van der Waals surface area contributed by atoms with Gasteiger partial charge in [0.05, 0.1) is 0 Å². The van der Waals surface area contributed by atoms with Gasteiger partial charge in [0.1, 0.15) is 0 Å². The highest BCUT2D eigenvalue weighted by Crippen LogP contribution is 2.30. The summed E-state index contributed by atoms with van der Waals surface area (Å²) >= 11 is 3.37. The average Bonchev–Trinajstić information content (AvgIpc) is 3.14. The van der Waals surface area contributed by atoms with Gasteiger partial charge in [-0.2, -0.15) is 0 Å². The molecule has 19 heavy (non-hydrogen) atoms. The molecule has 98 valence electrons. The van der Waals surface area contributed by atoms with Crippen molar-refractivity contribution in [1.82, 2.24) is 10.2 Å². The molecular formula is C14H15N3S2. The summed E-state index contributed by atoms with van der Waals surface area (Å²) in [5.74, 6) is 0.924. The van der Waals surface area contributed by atoms with E-state index < -0.39 is 0 Å². The summed E-state index contributed by atoms with van der Waals surface area (Å²) < 4.78 is 1.03. The number of benzene rings is 1. The third kappa shape index (κ3) is 4.08. The third-order valence-corrected chi connectivity index (χ3v) is 4.66. The number of thioether (sulfide) groups is 1. The summed E-state index contributed by atoms with van der Waals surface area (Å²) in [6.45, 7) is 0. The molecule has 1 N–H and O–H groups in total. The number of nitrogens with zero attached hydrogens (tertiary/aromatic N) is 2. The van der Waals surface area contributed by atoms with E-state index in [1.165, 1.54) is 18.4 Å². The zero-order chi connectivity index (χ0) is 12.9. The van der Waals surface area contributed by atoms with Crippen molar-refractivity contribution >= 4 is 34.3 Å². The van der Waals surface area contributed by atoms with Crippen molar-refractivity contribution in [2.45, 2.75) is 23.2 Å². The molecule has 0 saturated heterocycles. The van der Waals surface area contributed by atoms with Crippen LogP contribution in [-0.2, 0) is 0 Å². The molecule has 3 rings (SSSR count). The second kappa shape index (κ2) is 6.21. The minimum atomic E-state index is 0.642. The monoisotopic (exact) mass is 289 g/mol. The lowest BCUT2D eigenvalue weighted by molar-refractivity contribution is 0.995. The molecular weight excluding hydrogens is 274 g/mol. The van der Waals surface area contributed by atoms with Gasteiger partial charge < -0.3 is 5.32 Å². The summed E-state index contributed by atoms with van der Waals surface area (Å²) in [7, 11) is 0. The third-order valence-electron chi connectivity index (χ3n) is 2.72. The van der Waals surface area contributed by atoms with E-state index in [1.54, 1.807) is 23.1 Å². The second-order valence-electron chi connectivity index (χ2n) is 4.42. The van der Waals surface area contributed by atoms with Gasteiger partial charge in [0.2, 0.25) is 5.13 Å². The molecule has 0 bridgehead atoms. The minimum Gasteiger partial charge on any atom is -0.357 e. The fraction of sp³-hybridized carbons (Fsp3) is 0.286. The molecule has 3 nitrogen and oxygen atoms in total. The standard InChI is InChI=1S/C14H15N3S2/c1-2-5-11(6-3-1)7-4-10-18-14-17-16-13(19-14)15-12-8-9-12/h1-7,12H,8-10H2,(H,15,16). The number of hydrogen-bond acceptors (Lipinski definition) is 5. The van der Waals surface area contributed by atoms with Gasteiger partial charge in [0.25, 0.3) is 0 Å². The summed E-state index contributed by atoms with van der Waals surface area (Å²) in [5, 5.41) is 12.6. The molecule has 1 aliphatic rings. The topological polar surface area (TPSA) is 37.8 Å². The van der Waals surface area contributed by atoms with Crippen LogP contribution < -0.4 is 5.32 Å². The Bertz CT molecular complexity index is 547. The Morgan fingerprint density at radius 1 is 1.26 bits per heavy atom. The molecule has 5 heteroatoms. The van der Waals surface area contributed by atoms with E-state index in [1.807, 2.05) is 18.2 Å². The van der Waals surface area contributed by atoms with Gasteiger partial charge in [-0.15, -0.1) is 10.2 Å². The molecule has 0 amide bonds. The van der Waals surface area contributed by atoms with Gasteiger partial charge in [-0.1, -0.05) is 65.6 Å². The Labute approximate surface area is 121 Å². The predicted octanol–water partition coefficient (Wildman–Crippen LogP) is 3.92. The van der Waals surface area contributed by atoms with Crippen LogP contribution in [0.3, 0.4) is 0 Å². The molecule has 1 aliphatic carbocycles. The zero-order valence-electron chi connectivity index (χ0n) is 10.5. The Hall–Kier alpha value is -1.33. The van der Waals surface area contributed by atoms with Crippen molar-refractivity contribution < 1.29 is 0 Å².